The van der Waals surface area contributed by atoms with E-state index in [-0.39, 0.29) is 0 Å². The van der Waals surface area contributed by atoms with Crippen LogP contribution in [0.2, 0.25) is 0 Å². The van der Waals surface area contributed by atoms with Gasteiger partial charge in [0.05, 0.1) is 0 Å². The summed E-state index contributed by atoms with van der Waals surface area (Å²) in [6.07, 6.45) is -0.402. The maximum absolute atomic E-state index is 11.4. The summed E-state index contributed by atoms with van der Waals surface area (Å²) < 4.78 is 10.7. The fraction of sp³-hybridized carbons (Fsp3) is 0.462. The third kappa shape index (κ3) is 5.05. The topological polar surface area (TPSA) is 42.0 Å². The van der Waals surface area contributed by atoms with Crippen LogP contribution in [0.15, 0.2) is 24.3 Å². The summed E-state index contributed by atoms with van der Waals surface area (Å²) >= 11 is 0. The van der Waals surface area contributed by atoms with E-state index in [9.17, 15) is 4.79 Å². The minimum absolute atomic E-state index is 0.402. The summed E-state index contributed by atoms with van der Waals surface area (Å²) in [5.74, 6) is 1.18. The van der Waals surface area contributed by atoms with Crippen molar-refractivity contribution in [3.05, 3.63) is 24.3 Å². The van der Waals surface area contributed by atoms with Crippen LogP contribution < -0.4 is 9.47 Å². The highest BCUT2D eigenvalue weighted by Crippen LogP contribution is 2.19. The van der Waals surface area contributed by atoms with Crippen LogP contribution in [0.1, 0.15) is 0 Å². The number of rotatable bonds is 5. The van der Waals surface area contributed by atoms with E-state index in [4.69, 9.17) is 9.47 Å². The van der Waals surface area contributed by atoms with Crippen molar-refractivity contribution >= 4 is 6.09 Å². The second-order valence-electron chi connectivity index (χ2n) is 4.39. The van der Waals surface area contributed by atoms with Crippen molar-refractivity contribution in [3.8, 4) is 11.5 Å². The molecule has 0 aliphatic heterocycles. The Morgan fingerprint density at radius 2 is 1.83 bits per heavy atom. The summed E-state index contributed by atoms with van der Waals surface area (Å²) in [5.41, 5.74) is 0. The zero-order chi connectivity index (χ0) is 13.5. The Morgan fingerprint density at radius 1 is 1.17 bits per heavy atom. The molecule has 0 unspecified atom stereocenters. The molecule has 0 N–H and O–H groups in total. The average Bonchev–Trinajstić information content (AvgIpc) is 2.28. The van der Waals surface area contributed by atoms with Gasteiger partial charge in [0.2, 0.25) is 0 Å². The first-order valence-electron chi connectivity index (χ1n) is 5.76. The predicted molar refractivity (Wildman–Crippen MR) is 70.2 cm³/mol. The smallest absolute Gasteiger partial charge is 0.414 e. The number of ether oxygens (including phenoxy) is 2. The predicted octanol–water partition coefficient (Wildman–Crippen LogP) is 1.69. The molecule has 1 rings (SSSR count). The Hall–Kier alpha value is -1.75. The fourth-order valence-electron chi connectivity index (χ4n) is 1.17. The number of likely N-dealkylation sites (N-methyl/N-ethyl adjacent to an activating group) is 1. The lowest BCUT2D eigenvalue weighted by Gasteiger charge is -2.13. The van der Waals surface area contributed by atoms with Gasteiger partial charge in [0.1, 0.15) is 18.1 Å². The first-order chi connectivity index (χ1) is 8.49. The number of carbonyl (C=O) groups excluding carboxylic acids is 1. The third-order valence-corrected chi connectivity index (χ3v) is 2.18. The number of hydrogen-bond donors (Lipinski definition) is 0. The van der Waals surface area contributed by atoms with E-state index in [0.717, 1.165) is 6.54 Å². The second-order valence-corrected chi connectivity index (χ2v) is 4.39. The third-order valence-electron chi connectivity index (χ3n) is 2.18. The monoisotopic (exact) mass is 252 g/mol. The normalized spacial score (nSPS) is 10.3. The molecule has 0 fully saturated rings. The highest BCUT2D eigenvalue weighted by Gasteiger charge is 2.07. The molecular formula is C13H20N2O3. The van der Waals surface area contributed by atoms with Crippen LogP contribution in [-0.4, -0.2) is 57.2 Å². The van der Waals surface area contributed by atoms with Gasteiger partial charge >= 0.3 is 6.09 Å². The minimum atomic E-state index is -0.402. The van der Waals surface area contributed by atoms with Gasteiger partial charge in [-0.25, -0.2) is 4.79 Å². The molecule has 0 radical (unpaired) electrons. The largest absolute Gasteiger partial charge is 0.492 e. The summed E-state index contributed by atoms with van der Waals surface area (Å²) in [6.45, 7) is 1.43. The van der Waals surface area contributed by atoms with E-state index < -0.39 is 6.09 Å². The molecule has 0 saturated carbocycles. The second kappa shape index (κ2) is 6.86. The van der Waals surface area contributed by atoms with Crippen LogP contribution >= 0.6 is 0 Å². The Morgan fingerprint density at radius 3 is 2.44 bits per heavy atom. The maximum atomic E-state index is 11.4. The SMILES string of the molecule is CN(C)CCOc1cccc(OC(=O)N(C)C)c1. The van der Waals surface area contributed by atoms with E-state index in [0.29, 0.717) is 18.1 Å². The number of carbonyl (C=O) groups is 1. The fourth-order valence-corrected chi connectivity index (χ4v) is 1.17. The molecule has 100 valence electrons. The van der Waals surface area contributed by atoms with Gasteiger partial charge in [-0.2, -0.15) is 0 Å². The summed E-state index contributed by atoms with van der Waals surface area (Å²) in [4.78, 5) is 14.8. The first-order valence-corrected chi connectivity index (χ1v) is 5.76. The molecule has 0 aliphatic rings. The van der Waals surface area contributed by atoms with Gasteiger partial charge in [-0.1, -0.05) is 6.07 Å². The molecule has 0 heterocycles. The number of amides is 1. The van der Waals surface area contributed by atoms with Crippen molar-refractivity contribution in [2.75, 3.05) is 41.3 Å². The molecule has 5 heteroatoms. The van der Waals surface area contributed by atoms with Crippen LogP contribution in [0.3, 0.4) is 0 Å². The first kappa shape index (κ1) is 14.3. The van der Waals surface area contributed by atoms with E-state index in [2.05, 4.69) is 0 Å². The van der Waals surface area contributed by atoms with Gasteiger partial charge in [0.15, 0.2) is 0 Å². The van der Waals surface area contributed by atoms with Gasteiger partial charge in [-0.15, -0.1) is 0 Å². The molecule has 0 aliphatic carbocycles. The Labute approximate surface area is 108 Å². The Kier molecular flexibility index (Phi) is 5.45. The molecule has 0 bridgehead atoms. The summed E-state index contributed by atoms with van der Waals surface area (Å²) in [6, 6.07) is 7.06. The van der Waals surface area contributed by atoms with Crippen molar-refractivity contribution in [2.24, 2.45) is 0 Å². The highest BCUT2D eigenvalue weighted by molar-refractivity contribution is 5.70. The van der Waals surface area contributed by atoms with Crippen molar-refractivity contribution in [1.29, 1.82) is 0 Å². The average molecular weight is 252 g/mol. The summed E-state index contributed by atoms with van der Waals surface area (Å²) in [5, 5.41) is 0. The quantitative estimate of drug-likeness (QED) is 0.799. The van der Waals surface area contributed by atoms with E-state index in [1.807, 2.05) is 25.1 Å². The van der Waals surface area contributed by atoms with E-state index in [1.54, 1.807) is 32.3 Å². The Bertz CT molecular complexity index is 392. The molecule has 1 amide bonds. The van der Waals surface area contributed by atoms with Gasteiger partial charge in [0, 0.05) is 26.7 Å². The van der Waals surface area contributed by atoms with Crippen LogP contribution in [0, 0.1) is 0 Å². The molecular weight excluding hydrogens is 232 g/mol. The highest BCUT2D eigenvalue weighted by atomic mass is 16.6. The van der Waals surface area contributed by atoms with Crippen molar-refractivity contribution < 1.29 is 14.3 Å². The lowest BCUT2D eigenvalue weighted by atomic mass is 10.3. The Balaban J connectivity index is 2.54. The van der Waals surface area contributed by atoms with Gasteiger partial charge in [0.25, 0.3) is 0 Å². The number of hydrogen-bond acceptors (Lipinski definition) is 4. The molecule has 0 aromatic heterocycles. The molecule has 0 atom stereocenters. The lowest BCUT2D eigenvalue weighted by Crippen LogP contribution is -2.25. The number of nitrogens with zero attached hydrogens (tertiary/aromatic N) is 2. The van der Waals surface area contributed by atoms with Gasteiger partial charge < -0.3 is 19.3 Å². The zero-order valence-corrected chi connectivity index (χ0v) is 11.3. The maximum Gasteiger partial charge on any atom is 0.414 e. The minimum Gasteiger partial charge on any atom is -0.492 e. The van der Waals surface area contributed by atoms with Gasteiger partial charge in [-0.3, -0.25) is 0 Å². The van der Waals surface area contributed by atoms with Gasteiger partial charge in [-0.05, 0) is 26.2 Å². The van der Waals surface area contributed by atoms with Crippen molar-refractivity contribution in [2.45, 2.75) is 0 Å². The van der Waals surface area contributed by atoms with Crippen LogP contribution in [0.25, 0.3) is 0 Å². The molecule has 1 aromatic carbocycles. The van der Waals surface area contributed by atoms with Crippen LogP contribution in [0.4, 0.5) is 4.79 Å². The van der Waals surface area contributed by atoms with E-state index >= 15 is 0 Å². The number of benzene rings is 1. The van der Waals surface area contributed by atoms with Crippen molar-refractivity contribution in [3.63, 3.8) is 0 Å². The zero-order valence-electron chi connectivity index (χ0n) is 11.3. The molecule has 5 nitrogen and oxygen atoms in total. The molecule has 0 saturated heterocycles. The summed E-state index contributed by atoms with van der Waals surface area (Å²) in [7, 11) is 7.25. The molecule has 1 aromatic rings. The van der Waals surface area contributed by atoms with Crippen LogP contribution in [0.5, 0.6) is 11.5 Å². The van der Waals surface area contributed by atoms with Crippen LogP contribution in [-0.2, 0) is 0 Å². The standard InChI is InChI=1S/C13H20N2O3/c1-14(2)8-9-17-11-6-5-7-12(10-11)18-13(16)15(3)4/h5-7,10H,8-9H2,1-4H3. The molecule has 18 heavy (non-hydrogen) atoms. The molecule has 0 spiro atoms. The lowest BCUT2D eigenvalue weighted by molar-refractivity contribution is 0.171. The van der Waals surface area contributed by atoms with Crippen molar-refractivity contribution in [1.82, 2.24) is 9.80 Å². The van der Waals surface area contributed by atoms with E-state index in [1.165, 1.54) is 4.90 Å².